The normalized spacial score (nSPS) is 26.9. The van der Waals surface area contributed by atoms with Gasteiger partial charge in [-0.25, -0.2) is 4.90 Å². The first-order valence-corrected chi connectivity index (χ1v) is 9.38. The molecule has 2 aromatic carbocycles. The average Bonchev–Trinajstić information content (AvgIpc) is 3.21. The van der Waals surface area contributed by atoms with Crippen molar-refractivity contribution < 1.29 is 19.1 Å². The van der Waals surface area contributed by atoms with Crippen LogP contribution in [0.25, 0.3) is 6.08 Å². The third-order valence-corrected chi connectivity index (χ3v) is 6.08. The van der Waals surface area contributed by atoms with E-state index >= 15 is 0 Å². The molecule has 2 fully saturated rings. The molecule has 7 heteroatoms. The lowest BCUT2D eigenvalue weighted by Crippen LogP contribution is -2.46. The second-order valence-electron chi connectivity index (χ2n) is 7.45. The minimum absolute atomic E-state index is 0.311. The van der Waals surface area contributed by atoms with Gasteiger partial charge in [-0.3, -0.25) is 14.4 Å². The summed E-state index contributed by atoms with van der Waals surface area (Å²) in [6.07, 6.45) is 3.66. The van der Waals surface area contributed by atoms with Gasteiger partial charge in [-0.15, -0.1) is 0 Å². The van der Waals surface area contributed by atoms with E-state index in [-0.39, 0.29) is 5.91 Å². The summed E-state index contributed by atoms with van der Waals surface area (Å²) in [5.41, 5.74) is 8.06. The third kappa shape index (κ3) is 2.33. The molecule has 7 nitrogen and oxygen atoms in total. The number of hydrogen-bond acceptors (Lipinski definition) is 5. The summed E-state index contributed by atoms with van der Waals surface area (Å²) in [7, 11) is 1.55. The number of benzene rings is 2. The van der Waals surface area contributed by atoms with E-state index < -0.39 is 35.7 Å². The Bertz CT molecular complexity index is 1060. The summed E-state index contributed by atoms with van der Waals surface area (Å²) in [5, 5.41) is 0. The number of carbonyl (C=O) groups excluding carboxylic acids is 3. The lowest BCUT2D eigenvalue weighted by molar-refractivity contribution is -0.129. The van der Waals surface area contributed by atoms with E-state index in [1.807, 2.05) is 30.3 Å². The van der Waals surface area contributed by atoms with Crippen molar-refractivity contribution in [3.05, 3.63) is 65.9 Å². The SMILES string of the molecule is COc1ccc(N2C(=O)C3C(C2=O)C2c4ccccc4C=CN2C3C(N)=O)cc1. The molecule has 29 heavy (non-hydrogen) atoms. The number of methoxy groups -OCH3 is 1. The molecule has 3 heterocycles. The minimum atomic E-state index is -0.866. The van der Waals surface area contributed by atoms with Gasteiger partial charge in [0, 0.05) is 6.20 Å². The molecule has 0 spiro atoms. The molecule has 4 unspecified atom stereocenters. The van der Waals surface area contributed by atoms with Crippen LogP contribution < -0.4 is 15.4 Å². The summed E-state index contributed by atoms with van der Waals surface area (Å²) in [4.78, 5) is 42.1. The Labute approximate surface area is 167 Å². The van der Waals surface area contributed by atoms with E-state index in [0.29, 0.717) is 11.4 Å². The van der Waals surface area contributed by atoms with Crippen molar-refractivity contribution in [1.82, 2.24) is 4.90 Å². The number of nitrogens with two attached hydrogens (primary N) is 1. The van der Waals surface area contributed by atoms with Crippen molar-refractivity contribution in [1.29, 1.82) is 0 Å². The first-order chi connectivity index (χ1) is 14.0. The molecule has 3 amide bonds. The fourth-order valence-corrected chi connectivity index (χ4v) is 4.87. The fraction of sp³-hybridized carbons (Fsp3) is 0.227. The summed E-state index contributed by atoms with van der Waals surface area (Å²) in [6.45, 7) is 0. The summed E-state index contributed by atoms with van der Waals surface area (Å²) >= 11 is 0. The maximum absolute atomic E-state index is 13.5. The maximum atomic E-state index is 13.5. The van der Waals surface area contributed by atoms with E-state index in [1.165, 1.54) is 4.90 Å². The van der Waals surface area contributed by atoms with Gasteiger partial charge in [0.05, 0.1) is 30.7 Å². The molecule has 0 saturated carbocycles. The third-order valence-electron chi connectivity index (χ3n) is 6.08. The Morgan fingerprint density at radius 1 is 1.00 bits per heavy atom. The van der Waals surface area contributed by atoms with Crippen LogP contribution in [0.2, 0.25) is 0 Å². The van der Waals surface area contributed by atoms with Gasteiger partial charge in [-0.1, -0.05) is 24.3 Å². The summed E-state index contributed by atoms with van der Waals surface area (Å²) in [5.74, 6) is -2.18. The molecular formula is C22H19N3O4. The largest absolute Gasteiger partial charge is 0.497 e. The lowest BCUT2D eigenvalue weighted by Gasteiger charge is -2.34. The molecule has 2 saturated heterocycles. The molecule has 3 aliphatic heterocycles. The topological polar surface area (TPSA) is 92.9 Å². The quantitative estimate of drug-likeness (QED) is 0.807. The standard InChI is InChI=1S/C22H19N3O4/c1-29-14-8-6-13(7-9-14)25-21(27)16-17(22(25)28)19(20(23)26)24-11-10-12-4-2-3-5-15(12)18(16)24/h2-11,16-19H,1H3,(H2,23,26). The van der Waals surface area contributed by atoms with Crippen LogP contribution in [-0.4, -0.2) is 35.8 Å². The number of ether oxygens (including phenoxy) is 1. The van der Waals surface area contributed by atoms with Gasteiger partial charge in [-0.05, 0) is 41.5 Å². The monoisotopic (exact) mass is 389 g/mol. The zero-order valence-electron chi connectivity index (χ0n) is 15.7. The number of rotatable bonds is 3. The van der Waals surface area contributed by atoms with Crippen LogP contribution in [0.5, 0.6) is 5.75 Å². The smallest absolute Gasteiger partial charge is 0.240 e. The van der Waals surface area contributed by atoms with E-state index in [2.05, 4.69) is 0 Å². The second-order valence-corrected chi connectivity index (χ2v) is 7.45. The first kappa shape index (κ1) is 17.5. The second kappa shape index (κ2) is 6.20. The van der Waals surface area contributed by atoms with Gasteiger partial charge in [0.2, 0.25) is 17.7 Å². The van der Waals surface area contributed by atoms with Crippen LogP contribution in [0.3, 0.4) is 0 Å². The molecule has 146 valence electrons. The van der Waals surface area contributed by atoms with E-state index in [1.54, 1.807) is 42.5 Å². The Balaban J connectivity index is 1.62. The highest BCUT2D eigenvalue weighted by molar-refractivity contribution is 6.24. The number of nitrogens with zero attached hydrogens (tertiary/aromatic N) is 2. The number of anilines is 1. The van der Waals surface area contributed by atoms with Crippen LogP contribution in [-0.2, 0) is 14.4 Å². The molecule has 2 aromatic rings. The summed E-state index contributed by atoms with van der Waals surface area (Å²) in [6, 6.07) is 13.2. The van der Waals surface area contributed by atoms with Gasteiger partial charge in [0.15, 0.2) is 0 Å². The molecule has 0 radical (unpaired) electrons. The van der Waals surface area contributed by atoms with Crippen LogP contribution in [0.1, 0.15) is 17.2 Å². The van der Waals surface area contributed by atoms with E-state index in [9.17, 15) is 14.4 Å². The number of primary amides is 1. The lowest BCUT2D eigenvalue weighted by atomic mass is 9.84. The number of hydrogen-bond donors (Lipinski definition) is 1. The highest BCUT2D eigenvalue weighted by Gasteiger charge is 2.64. The molecule has 0 aliphatic carbocycles. The number of carbonyl (C=O) groups is 3. The Morgan fingerprint density at radius 2 is 1.69 bits per heavy atom. The number of fused-ring (bicyclic) bond motifs is 5. The van der Waals surface area contributed by atoms with Crippen molar-refractivity contribution in [2.24, 2.45) is 17.6 Å². The Kier molecular flexibility index (Phi) is 3.74. The molecule has 0 aromatic heterocycles. The molecule has 5 rings (SSSR count). The van der Waals surface area contributed by atoms with Gasteiger partial charge in [-0.2, -0.15) is 0 Å². The van der Waals surface area contributed by atoms with Crippen molar-refractivity contribution in [3.8, 4) is 5.75 Å². The van der Waals surface area contributed by atoms with Crippen LogP contribution in [0, 0.1) is 11.8 Å². The Morgan fingerprint density at radius 3 is 2.38 bits per heavy atom. The molecule has 2 N–H and O–H groups in total. The highest BCUT2D eigenvalue weighted by atomic mass is 16.5. The average molecular weight is 389 g/mol. The van der Waals surface area contributed by atoms with Gasteiger partial charge in [0.25, 0.3) is 0 Å². The van der Waals surface area contributed by atoms with Gasteiger partial charge in [0.1, 0.15) is 11.8 Å². The van der Waals surface area contributed by atoms with Crippen LogP contribution in [0.15, 0.2) is 54.7 Å². The van der Waals surface area contributed by atoms with Gasteiger partial charge >= 0.3 is 0 Å². The van der Waals surface area contributed by atoms with Crippen molar-refractivity contribution in [2.45, 2.75) is 12.1 Å². The molecule has 3 aliphatic rings. The molecule has 4 atom stereocenters. The Hall–Kier alpha value is -3.61. The van der Waals surface area contributed by atoms with Crippen molar-refractivity contribution >= 4 is 29.5 Å². The van der Waals surface area contributed by atoms with Crippen molar-refractivity contribution in [3.63, 3.8) is 0 Å². The fourth-order valence-electron chi connectivity index (χ4n) is 4.87. The first-order valence-electron chi connectivity index (χ1n) is 9.38. The zero-order chi connectivity index (χ0) is 20.3. The molecular weight excluding hydrogens is 370 g/mol. The number of amides is 3. The highest BCUT2D eigenvalue weighted by Crippen LogP contribution is 2.53. The van der Waals surface area contributed by atoms with Gasteiger partial charge < -0.3 is 15.4 Å². The minimum Gasteiger partial charge on any atom is -0.497 e. The van der Waals surface area contributed by atoms with Crippen molar-refractivity contribution in [2.75, 3.05) is 12.0 Å². The maximum Gasteiger partial charge on any atom is 0.240 e. The molecule has 0 bridgehead atoms. The predicted octanol–water partition coefficient (Wildman–Crippen LogP) is 1.70. The van der Waals surface area contributed by atoms with E-state index in [0.717, 1.165) is 11.1 Å². The predicted molar refractivity (Wildman–Crippen MR) is 106 cm³/mol. The van der Waals surface area contributed by atoms with E-state index in [4.69, 9.17) is 10.5 Å². The zero-order valence-corrected chi connectivity index (χ0v) is 15.7. The van der Waals surface area contributed by atoms with Crippen LogP contribution >= 0.6 is 0 Å². The number of imide groups is 1. The van der Waals surface area contributed by atoms with Crippen LogP contribution in [0.4, 0.5) is 5.69 Å². The summed E-state index contributed by atoms with van der Waals surface area (Å²) < 4.78 is 5.15.